The molecule has 0 bridgehead atoms. The van der Waals surface area contributed by atoms with Crippen molar-refractivity contribution in [2.24, 2.45) is 0 Å². The molecule has 5 aromatic rings. The molecule has 0 saturated carbocycles. The van der Waals surface area contributed by atoms with Crippen LogP contribution in [0.2, 0.25) is 0 Å². The number of thiazole rings is 1. The summed E-state index contributed by atoms with van der Waals surface area (Å²) >= 11 is 1.35. The van der Waals surface area contributed by atoms with Crippen LogP contribution in [0.15, 0.2) is 108 Å². The number of aryl methyl sites for hydroxylation is 2. The molecule has 1 aromatic heterocycles. The average Bonchev–Trinajstić information content (AvgIpc) is 3.58. The second kappa shape index (κ2) is 12.8. The summed E-state index contributed by atoms with van der Waals surface area (Å²) in [6.07, 6.45) is 3.06. The van der Waals surface area contributed by atoms with E-state index in [1.807, 2.05) is 93.6 Å². The predicted molar refractivity (Wildman–Crippen MR) is 178 cm³/mol. The van der Waals surface area contributed by atoms with E-state index in [4.69, 9.17) is 14.5 Å². The summed E-state index contributed by atoms with van der Waals surface area (Å²) in [5, 5.41) is 11.6. The number of carbonyl (C=O) groups excluding carboxylic acids is 2. The summed E-state index contributed by atoms with van der Waals surface area (Å²) in [5.74, 6) is -0.777. The molecule has 0 radical (unpaired) electrons. The first-order valence-corrected chi connectivity index (χ1v) is 15.5. The number of ketones is 1. The summed E-state index contributed by atoms with van der Waals surface area (Å²) in [6.45, 7) is 6.58. The van der Waals surface area contributed by atoms with Crippen molar-refractivity contribution >= 4 is 44.5 Å². The molecule has 7 nitrogen and oxygen atoms in total. The zero-order valence-electron chi connectivity index (χ0n) is 25.2. The van der Waals surface area contributed by atoms with Gasteiger partial charge in [-0.05, 0) is 72.9 Å². The summed E-state index contributed by atoms with van der Waals surface area (Å²) < 4.78 is 13.0. The molecule has 0 aliphatic carbocycles. The first kappa shape index (κ1) is 29.8. The van der Waals surface area contributed by atoms with Gasteiger partial charge < -0.3 is 14.6 Å². The Labute approximate surface area is 265 Å². The van der Waals surface area contributed by atoms with E-state index in [1.54, 1.807) is 24.3 Å². The molecular formula is C37H32N2O5S. The van der Waals surface area contributed by atoms with Crippen molar-refractivity contribution in [3.63, 3.8) is 0 Å². The number of benzene rings is 4. The van der Waals surface area contributed by atoms with Gasteiger partial charge in [0.05, 0.1) is 28.4 Å². The molecule has 0 saturated heterocycles. The lowest BCUT2D eigenvalue weighted by Gasteiger charge is -2.25. The van der Waals surface area contributed by atoms with E-state index in [0.717, 1.165) is 32.5 Å². The highest BCUT2D eigenvalue weighted by molar-refractivity contribution is 7.22. The highest BCUT2D eigenvalue weighted by Crippen LogP contribution is 2.45. The minimum atomic E-state index is -0.949. The van der Waals surface area contributed by atoms with Gasteiger partial charge in [-0.15, -0.1) is 0 Å². The number of aromatic nitrogens is 1. The fraction of sp³-hybridized carbons (Fsp3) is 0.162. The standard InChI is InChI=1S/C37H32N2O5S/c1-4-43-30-21-27(16-18-29(30)44-22-26-13-9-6-10-14-26)34-32(28(40)17-15-25-11-7-5-8-12-25)35(41)36(42)39(34)37-38-33-24(3)19-23(2)20-31(33)45-37/h5-21,34,41H,4,22H2,1-3H3. The molecule has 1 aliphatic rings. The summed E-state index contributed by atoms with van der Waals surface area (Å²) in [7, 11) is 0. The SMILES string of the molecule is CCOc1cc(C2C(C(=O)C=Cc3ccccc3)=C(O)C(=O)N2c2nc3c(C)cc(C)cc3s2)ccc1OCc1ccccc1. The highest BCUT2D eigenvalue weighted by Gasteiger charge is 2.45. The first-order chi connectivity index (χ1) is 21.8. The van der Waals surface area contributed by atoms with Crippen LogP contribution in [0.4, 0.5) is 5.13 Å². The lowest BCUT2D eigenvalue weighted by atomic mass is 9.95. The number of anilines is 1. The van der Waals surface area contributed by atoms with Crippen molar-refractivity contribution in [1.29, 1.82) is 0 Å². The molecule has 6 rings (SSSR count). The number of aliphatic hydroxyl groups excluding tert-OH is 1. The van der Waals surface area contributed by atoms with Crippen molar-refractivity contribution in [3.05, 3.63) is 136 Å². The van der Waals surface area contributed by atoms with E-state index < -0.39 is 23.5 Å². The number of hydrogen-bond acceptors (Lipinski definition) is 7. The molecule has 1 unspecified atom stereocenters. The average molecular weight is 617 g/mol. The van der Waals surface area contributed by atoms with E-state index in [9.17, 15) is 14.7 Å². The molecule has 0 fully saturated rings. The lowest BCUT2D eigenvalue weighted by molar-refractivity contribution is -0.117. The molecule has 1 atom stereocenters. The van der Waals surface area contributed by atoms with E-state index in [0.29, 0.717) is 35.4 Å². The Kier molecular flexibility index (Phi) is 8.49. The van der Waals surface area contributed by atoms with Crippen LogP contribution in [-0.4, -0.2) is 28.4 Å². The number of allylic oxidation sites excluding steroid dienone is 1. The summed E-state index contributed by atoms with van der Waals surface area (Å²) in [4.78, 5) is 33.8. The molecule has 226 valence electrons. The lowest BCUT2D eigenvalue weighted by Crippen LogP contribution is -2.30. The molecule has 1 aliphatic heterocycles. The van der Waals surface area contributed by atoms with Gasteiger partial charge in [0, 0.05) is 0 Å². The van der Waals surface area contributed by atoms with E-state index in [-0.39, 0.29) is 5.57 Å². The van der Waals surface area contributed by atoms with Crippen LogP contribution < -0.4 is 14.4 Å². The molecule has 1 amide bonds. The Morgan fingerprint density at radius 1 is 0.956 bits per heavy atom. The quantitative estimate of drug-likeness (QED) is 0.160. The van der Waals surface area contributed by atoms with E-state index >= 15 is 0 Å². The number of hydrogen-bond donors (Lipinski definition) is 1. The van der Waals surface area contributed by atoms with Crippen LogP contribution in [0, 0.1) is 13.8 Å². The Hall–Kier alpha value is -5.21. The largest absolute Gasteiger partial charge is 0.503 e. The monoisotopic (exact) mass is 616 g/mol. The second-order valence-electron chi connectivity index (χ2n) is 10.8. The van der Waals surface area contributed by atoms with Gasteiger partial charge in [0.25, 0.3) is 5.91 Å². The van der Waals surface area contributed by atoms with Gasteiger partial charge in [0.2, 0.25) is 0 Å². The number of carbonyl (C=O) groups is 2. The molecule has 2 heterocycles. The van der Waals surface area contributed by atoms with E-state index in [1.165, 1.54) is 22.3 Å². The van der Waals surface area contributed by atoms with E-state index in [2.05, 4.69) is 0 Å². The van der Waals surface area contributed by atoms with Crippen LogP contribution in [-0.2, 0) is 16.2 Å². The third-order valence-corrected chi connectivity index (χ3v) is 8.55. The minimum absolute atomic E-state index is 0.0280. The van der Waals surface area contributed by atoms with Gasteiger partial charge in [-0.3, -0.25) is 14.5 Å². The van der Waals surface area contributed by atoms with Crippen LogP contribution in [0.5, 0.6) is 11.5 Å². The molecular weight excluding hydrogens is 584 g/mol. The maximum Gasteiger partial charge on any atom is 0.296 e. The third-order valence-electron chi connectivity index (χ3n) is 7.55. The molecule has 45 heavy (non-hydrogen) atoms. The topological polar surface area (TPSA) is 89.0 Å². The predicted octanol–water partition coefficient (Wildman–Crippen LogP) is 8.07. The van der Waals surface area contributed by atoms with Crippen molar-refractivity contribution in [2.45, 2.75) is 33.4 Å². The van der Waals surface area contributed by atoms with Crippen molar-refractivity contribution in [3.8, 4) is 11.5 Å². The fourth-order valence-electron chi connectivity index (χ4n) is 5.48. The maximum absolute atomic E-state index is 13.8. The smallest absolute Gasteiger partial charge is 0.296 e. The van der Waals surface area contributed by atoms with Crippen LogP contribution in [0.3, 0.4) is 0 Å². The number of rotatable bonds is 10. The van der Waals surface area contributed by atoms with Crippen molar-refractivity contribution < 1.29 is 24.2 Å². The van der Waals surface area contributed by atoms with Gasteiger partial charge >= 0.3 is 0 Å². The minimum Gasteiger partial charge on any atom is -0.503 e. The van der Waals surface area contributed by atoms with Crippen LogP contribution in [0.1, 0.15) is 40.8 Å². The molecule has 4 aromatic carbocycles. The van der Waals surface area contributed by atoms with Gasteiger partial charge in [0.1, 0.15) is 6.61 Å². The number of fused-ring (bicyclic) bond motifs is 1. The summed E-state index contributed by atoms with van der Waals surface area (Å²) in [6, 6.07) is 27.6. The van der Waals surface area contributed by atoms with Crippen LogP contribution in [0.25, 0.3) is 16.3 Å². The van der Waals surface area contributed by atoms with Gasteiger partial charge in [-0.2, -0.15) is 0 Å². The normalized spacial score (nSPS) is 15.0. The van der Waals surface area contributed by atoms with Gasteiger partial charge in [-0.25, -0.2) is 4.98 Å². The molecule has 0 spiro atoms. The molecule has 1 N–H and O–H groups in total. The highest BCUT2D eigenvalue weighted by atomic mass is 32.1. The Balaban J connectivity index is 1.44. The maximum atomic E-state index is 13.8. The molecule has 8 heteroatoms. The van der Waals surface area contributed by atoms with Crippen molar-refractivity contribution in [2.75, 3.05) is 11.5 Å². The number of amides is 1. The zero-order chi connectivity index (χ0) is 31.5. The number of ether oxygens (including phenoxy) is 2. The van der Waals surface area contributed by atoms with Gasteiger partial charge in [0.15, 0.2) is 28.2 Å². The fourth-order valence-corrected chi connectivity index (χ4v) is 6.64. The third kappa shape index (κ3) is 6.10. The van der Waals surface area contributed by atoms with Crippen molar-refractivity contribution in [1.82, 2.24) is 4.98 Å². The zero-order valence-corrected chi connectivity index (χ0v) is 26.0. The summed E-state index contributed by atoms with van der Waals surface area (Å²) in [5.41, 5.74) is 5.20. The second-order valence-corrected chi connectivity index (χ2v) is 11.8. The Morgan fingerprint density at radius 2 is 1.69 bits per heavy atom. The van der Waals surface area contributed by atoms with Gasteiger partial charge in [-0.1, -0.05) is 90.2 Å². The number of aliphatic hydroxyl groups is 1. The van der Waals surface area contributed by atoms with Crippen LogP contribution >= 0.6 is 11.3 Å². The first-order valence-electron chi connectivity index (χ1n) is 14.7. The Bertz CT molecular complexity index is 1950. The number of nitrogens with zero attached hydrogens (tertiary/aromatic N) is 2. The Morgan fingerprint density at radius 3 is 2.42 bits per heavy atom.